The second-order valence-electron chi connectivity index (χ2n) is 7.21. The van der Waals surface area contributed by atoms with Crippen LogP contribution >= 0.6 is 35.0 Å². The second-order valence-corrected chi connectivity index (χ2v) is 8.99. The van der Waals surface area contributed by atoms with E-state index in [1.54, 1.807) is 12.1 Å². The fourth-order valence-electron chi connectivity index (χ4n) is 3.55. The Morgan fingerprint density at radius 1 is 1.03 bits per heavy atom. The summed E-state index contributed by atoms with van der Waals surface area (Å²) in [5, 5.41) is 10.5. The standard InChI is InChI=1S/C22H23Cl2N5OS/c1-2-27-10-12-28(13-11-27)20(30)15-31-22-26-25-21(18-9-8-16(23)14-19(18)24)29(22)17-6-4-3-5-7-17/h3-9,14H,2,10-13,15H2,1H3. The Bertz CT molecular complexity index is 1050. The molecule has 1 aliphatic heterocycles. The highest BCUT2D eigenvalue weighted by molar-refractivity contribution is 7.99. The number of hydrogen-bond donors (Lipinski definition) is 0. The zero-order valence-electron chi connectivity index (χ0n) is 17.2. The first-order valence-corrected chi connectivity index (χ1v) is 11.9. The van der Waals surface area contributed by atoms with E-state index in [0.717, 1.165) is 44.0 Å². The molecule has 6 nitrogen and oxygen atoms in total. The Kier molecular flexibility index (Phi) is 7.17. The maximum atomic E-state index is 12.8. The van der Waals surface area contributed by atoms with Gasteiger partial charge in [-0.1, -0.05) is 60.1 Å². The SMILES string of the molecule is CCN1CCN(C(=O)CSc2nnc(-c3ccc(Cl)cc3Cl)n2-c2ccccc2)CC1. The molecule has 0 atom stereocenters. The molecule has 3 aromatic rings. The van der Waals surface area contributed by atoms with Crippen molar-refractivity contribution in [2.75, 3.05) is 38.5 Å². The van der Waals surface area contributed by atoms with Gasteiger partial charge in [0.25, 0.3) is 0 Å². The Morgan fingerprint density at radius 3 is 2.45 bits per heavy atom. The molecule has 31 heavy (non-hydrogen) atoms. The van der Waals surface area contributed by atoms with Gasteiger partial charge >= 0.3 is 0 Å². The summed E-state index contributed by atoms with van der Waals surface area (Å²) >= 11 is 13.9. The molecule has 9 heteroatoms. The summed E-state index contributed by atoms with van der Waals surface area (Å²) < 4.78 is 1.93. The third-order valence-electron chi connectivity index (χ3n) is 5.32. The molecule has 1 amide bonds. The average molecular weight is 476 g/mol. The predicted octanol–water partition coefficient (Wildman–Crippen LogP) is 4.50. The summed E-state index contributed by atoms with van der Waals surface area (Å²) in [5.41, 5.74) is 1.64. The lowest BCUT2D eigenvalue weighted by Gasteiger charge is -2.34. The number of hydrogen-bond acceptors (Lipinski definition) is 5. The van der Waals surface area contributed by atoms with E-state index in [4.69, 9.17) is 23.2 Å². The van der Waals surface area contributed by atoms with Crippen LogP contribution in [0, 0.1) is 0 Å². The van der Waals surface area contributed by atoms with Crippen LogP contribution in [0.3, 0.4) is 0 Å². The molecule has 162 valence electrons. The van der Waals surface area contributed by atoms with E-state index in [-0.39, 0.29) is 5.91 Å². The van der Waals surface area contributed by atoms with Crippen molar-refractivity contribution in [3.63, 3.8) is 0 Å². The number of piperazine rings is 1. The molecule has 1 saturated heterocycles. The Hall–Kier alpha value is -2.06. The molecule has 1 aromatic heterocycles. The zero-order valence-corrected chi connectivity index (χ0v) is 19.5. The van der Waals surface area contributed by atoms with Gasteiger partial charge in [0.05, 0.1) is 10.8 Å². The number of para-hydroxylation sites is 1. The molecule has 0 spiro atoms. The fraction of sp³-hybridized carbons (Fsp3) is 0.318. The van der Waals surface area contributed by atoms with Crippen molar-refractivity contribution in [1.82, 2.24) is 24.6 Å². The topological polar surface area (TPSA) is 54.3 Å². The maximum Gasteiger partial charge on any atom is 0.233 e. The van der Waals surface area contributed by atoms with Crippen LogP contribution in [0.1, 0.15) is 6.92 Å². The van der Waals surface area contributed by atoms with Crippen molar-refractivity contribution in [2.24, 2.45) is 0 Å². The van der Waals surface area contributed by atoms with Gasteiger partial charge in [0.1, 0.15) is 0 Å². The number of thioether (sulfide) groups is 1. The molecule has 0 saturated carbocycles. The first-order valence-electron chi connectivity index (χ1n) is 10.2. The lowest BCUT2D eigenvalue weighted by Crippen LogP contribution is -2.49. The minimum atomic E-state index is 0.120. The molecule has 2 aromatic carbocycles. The summed E-state index contributed by atoms with van der Waals surface area (Å²) in [6.07, 6.45) is 0. The number of aromatic nitrogens is 3. The van der Waals surface area contributed by atoms with Crippen LogP contribution in [-0.4, -0.2) is 68.9 Å². The zero-order chi connectivity index (χ0) is 21.8. The van der Waals surface area contributed by atoms with Crippen molar-refractivity contribution in [3.8, 4) is 17.1 Å². The lowest BCUT2D eigenvalue weighted by atomic mass is 10.2. The van der Waals surface area contributed by atoms with Gasteiger partial charge in [-0.3, -0.25) is 9.36 Å². The fourth-order valence-corrected chi connectivity index (χ4v) is 4.90. The van der Waals surface area contributed by atoms with Gasteiger partial charge < -0.3 is 9.80 Å². The monoisotopic (exact) mass is 475 g/mol. The van der Waals surface area contributed by atoms with Crippen molar-refractivity contribution in [2.45, 2.75) is 12.1 Å². The highest BCUT2D eigenvalue weighted by atomic mass is 35.5. The van der Waals surface area contributed by atoms with Gasteiger partial charge in [0.15, 0.2) is 11.0 Å². The number of likely N-dealkylation sites (N-methyl/N-ethyl adjacent to an activating group) is 1. The molecule has 0 N–H and O–H groups in total. The number of carbonyl (C=O) groups excluding carboxylic acids is 1. The molecule has 4 rings (SSSR count). The van der Waals surface area contributed by atoms with Crippen LogP contribution in [0.25, 0.3) is 17.1 Å². The van der Waals surface area contributed by atoms with E-state index in [2.05, 4.69) is 22.0 Å². The number of carbonyl (C=O) groups is 1. The van der Waals surface area contributed by atoms with Crippen LogP contribution < -0.4 is 0 Å². The van der Waals surface area contributed by atoms with E-state index in [9.17, 15) is 4.79 Å². The summed E-state index contributed by atoms with van der Waals surface area (Å²) in [6, 6.07) is 15.1. The normalized spacial score (nSPS) is 14.7. The molecule has 0 aliphatic carbocycles. The highest BCUT2D eigenvalue weighted by Crippen LogP contribution is 2.33. The molecule has 2 heterocycles. The highest BCUT2D eigenvalue weighted by Gasteiger charge is 2.23. The molecule has 0 radical (unpaired) electrons. The first kappa shape index (κ1) is 22.1. The minimum absolute atomic E-state index is 0.120. The van der Waals surface area contributed by atoms with Crippen LogP contribution in [0.5, 0.6) is 0 Å². The van der Waals surface area contributed by atoms with Crippen LogP contribution in [0.4, 0.5) is 0 Å². The van der Waals surface area contributed by atoms with Crippen molar-refractivity contribution in [1.29, 1.82) is 0 Å². The molecule has 1 fully saturated rings. The summed E-state index contributed by atoms with van der Waals surface area (Å²) in [6.45, 7) is 6.55. The molecular formula is C22H23Cl2N5OS. The smallest absolute Gasteiger partial charge is 0.233 e. The quantitative estimate of drug-likeness (QED) is 0.491. The van der Waals surface area contributed by atoms with Gasteiger partial charge in [-0.25, -0.2) is 0 Å². The summed E-state index contributed by atoms with van der Waals surface area (Å²) in [7, 11) is 0. The van der Waals surface area contributed by atoms with Crippen LogP contribution in [0.2, 0.25) is 10.0 Å². The summed E-state index contributed by atoms with van der Waals surface area (Å²) in [4.78, 5) is 17.1. The van der Waals surface area contributed by atoms with E-state index in [1.165, 1.54) is 11.8 Å². The number of halogens is 2. The van der Waals surface area contributed by atoms with Crippen LogP contribution in [0.15, 0.2) is 53.7 Å². The van der Waals surface area contributed by atoms with E-state index in [0.29, 0.717) is 26.8 Å². The lowest BCUT2D eigenvalue weighted by molar-refractivity contribution is -0.130. The minimum Gasteiger partial charge on any atom is -0.339 e. The summed E-state index contributed by atoms with van der Waals surface area (Å²) in [5.74, 6) is 1.04. The van der Waals surface area contributed by atoms with E-state index >= 15 is 0 Å². The predicted molar refractivity (Wildman–Crippen MR) is 126 cm³/mol. The molecule has 0 unspecified atom stereocenters. The Balaban J connectivity index is 1.58. The molecule has 0 bridgehead atoms. The van der Waals surface area contributed by atoms with Gasteiger partial charge in [0, 0.05) is 42.5 Å². The van der Waals surface area contributed by atoms with Gasteiger partial charge in [0.2, 0.25) is 5.91 Å². The number of rotatable bonds is 6. The van der Waals surface area contributed by atoms with Gasteiger partial charge in [-0.2, -0.15) is 0 Å². The molecular weight excluding hydrogens is 453 g/mol. The number of benzene rings is 2. The van der Waals surface area contributed by atoms with E-state index in [1.807, 2.05) is 45.9 Å². The third kappa shape index (κ3) is 5.06. The van der Waals surface area contributed by atoms with Crippen molar-refractivity contribution in [3.05, 3.63) is 58.6 Å². The Labute approximate surface area is 196 Å². The van der Waals surface area contributed by atoms with Crippen molar-refractivity contribution >= 4 is 40.9 Å². The number of amides is 1. The maximum absolute atomic E-state index is 12.8. The largest absolute Gasteiger partial charge is 0.339 e. The average Bonchev–Trinajstić information content (AvgIpc) is 3.21. The first-order chi connectivity index (χ1) is 15.1. The van der Waals surface area contributed by atoms with Crippen molar-refractivity contribution < 1.29 is 4.79 Å². The third-order valence-corrected chi connectivity index (χ3v) is 6.78. The number of nitrogens with zero attached hydrogens (tertiary/aromatic N) is 5. The van der Waals surface area contributed by atoms with Gasteiger partial charge in [-0.15, -0.1) is 10.2 Å². The second kappa shape index (κ2) is 10.0. The Morgan fingerprint density at radius 2 is 1.77 bits per heavy atom. The molecule has 1 aliphatic rings. The van der Waals surface area contributed by atoms with Crippen LogP contribution in [-0.2, 0) is 4.79 Å². The van der Waals surface area contributed by atoms with Gasteiger partial charge in [-0.05, 0) is 36.9 Å². The van der Waals surface area contributed by atoms with E-state index < -0.39 is 0 Å².